The van der Waals surface area contributed by atoms with E-state index in [2.05, 4.69) is 22.3 Å². The second-order valence-electron chi connectivity index (χ2n) is 6.75. The van der Waals surface area contributed by atoms with E-state index in [-0.39, 0.29) is 5.91 Å². The Morgan fingerprint density at radius 3 is 2.91 bits per heavy atom. The van der Waals surface area contributed by atoms with Crippen molar-refractivity contribution in [2.45, 2.75) is 58.4 Å². The molecule has 2 aliphatic rings. The molecule has 23 heavy (non-hydrogen) atoms. The standard InChI is InChI=1S/C17H22N4OS/c1-10-9-18-21(11(2)12-7-8-12)15(10)20-16(22)17-19-13-5-3-4-6-14(13)23-17/h9,11-12H,3-8H2,1-2H3,(H,20,22)/t11-/m1/s1. The van der Waals surface area contributed by atoms with Crippen molar-refractivity contribution in [3.8, 4) is 0 Å². The topological polar surface area (TPSA) is 59.8 Å². The van der Waals surface area contributed by atoms with Gasteiger partial charge in [-0.1, -0.05) is 0 Å². The molecule has 2 aromatic rings. The van der Waals surface area contributed by atoms with Crippen LogP contribution in [0.4, 0.5) is 5.82 Å². The monoisotopic (exact) mass is 330 g/mol. The average Bonchev–Trinajstić information content (AvgIpc) is 3.21. The number of anilines is 1. The van der Waals surface area contributed by atoms with E-state index >= 15 is 0 Å². The second-order valence-corrected chi connectivity index (χ2v) is 7.83. The smallest absolute Gasteiger partial charge is 0.285 e. The molecule has 122 valence electrons. The molecule has 4 rings (SSSR count). The summed E-state index contributed by atoms with van der Waals surface area (Å²) < 4.78 is 1.97. The van der Waals surface area contributed by atoms with E-state index in [4.69, 9.17) is 0 Å². The fourth-order valence-corrected chi connectivity index (χ4v) is 4.35. The maximum Gasteiger partial charge on any atom is 0.285 e. The molecule has 6 heteroatoms. The number of thiazole rings is 1. The van der Waals surface area contributed by atoms with Crippen LogP contribution in [0.25, 0.3) is 0 Å². The fraction of sp³-hybridized carbons (Fsp3) is 0.588. The summed E-state index contributed by atoms with van der Waals surface area (Å²) in [6, 6.07) is 0.337. The summed E-state index contributed by atoms with van der Waals surface area (Å²) in [5.74, 6) is 1.41. The molecule has 1 atom stereocenters. The largest absolute Gasteiger partial charge is 0.304 e. The summed E-state index contributed by atoms with van der Waals surface area (Å²) in [7, 11) is 0. The lowest BCUT2D eigenvalue weighted by Gasteiger charge is -2.15. The van der Waals surface area contributed by atoms with Crippen LogP contribution in [0.2, 0.25) is 0 Å². The Hall–Kier alpha value is -1.69. The van der Waals surface area contributed by atoms with Crippen molar-refractivity contribution in [1.29, 1.82) is 0 Å². The molecule has 1 fully saturated rings. The zero-order valence-electron chi connectivity index (χ0n) is 13.6. The molecule has 2 heterocycles. The molecule has 0 aromatic carbocycles. The van der Waals surface area contributed by atoms with Gasteiger partial charge in [-0.25, -0.2) is 9.67 Å². The molecule has 5 nitrogen and oxygen atoms in total. The molecule has 1 N–H and O–H groups in total. The van der Waals surface area contributed by atoms with Gasteiger partial charge in [-0.2, -0.15) is 5.10 Å². The minimum atomic E-state index is -0.0998. The predicted molar refractivity (Wildman–Crippen MR) is 91.1 cm³/mol. The SMILES string of the molecule is Cc1cnn([C@H](C)C2CC2)c1NC(=O)c1nc2c(s1)CCCC2. The van der Waals surface area contributed by atoms with Crippen LogP contribution in [0.5, 0.6) is 0 Å². The summed E-state index contributed by atoms with van der Waals surface area (Å²) in [5.41, 5.74) is 2.13. The zero-order chi connectivity index (χ0) is 16.0. The number of aryl methyl sites for hydroxylation is 3. The maximum atomic E-state index is 12.6. The third-order valence-corrected chi connectivity index (χ3v) is 6.10. The number of hydrogen-bond acceptors (Lipinski definition) is 4. The van der Waals surface area contributed by atoms with Crippen molar-refractivity contribution in [3.63, 3.8) is 0 Å². The Balaban J connectivity index is 1.56. The summed E-state index contributed by atoms with van der Waals surface area (Å²) in [6.45, 7) is 4.17. The van der Waals surface area contributed by atoms with Gasteiger partial charge in [-0.15, -0.1) is 11.3 Å². The number of rotatable bonds is 4. The number of hydrogen-bond donors (Lipinski definition) is 1. The average molecular weight is 330 g/mol. The van der Waals surface area contributed by atoms with Crippen LogP contribution in [0.1, 0.15) is 64.6 Å². The van der Waals surface area contributed by atoms with E-state index in [0.29, 0.717) is 17.0 Å². The van der Waals surface area contributed by atoms with Gasteiger partial charge in [-0.05, 0) is 58.3 Å². The Morgan fingerprint density at radius 1 is 1.39 bits per heavy atom. The van der Waals surface area contributed by atoms with Gasteiger partial charge in [0.1, 0.15) is 5.82 Å². The van der Waals surface area contributed by atoms with Crippen LogP contribution in [-0.4, -0.2) is 20.7 Å². The fourth-order valence-electron chi connectivity index (χ4n) is 3.30. The quantitative estimate of drug-likeness (QED) is 0.929. The van der Waals surface area contributed by atoms with Crippen molar-refractivity contribution in [1.82, 2.24) is 14.8 Å². The Bertz CT molecular complexity index is 720. The van der Waals surface area contributed by atoms with E-state index in [1.165, 1.54) is 30.6 Å². The first kappa shape index (κ1) is 14.9. The minimum Gasteiger partial charge on any atom is -0.304 e. The normalized spacial score (nSPS) is 18.5. The van der Waals surface area contributed by atoms with Gasteiger partial charge in [0, 0.05) is 10.4 Å². The van der Waals surface area contributed by atoms with Crippen LogP contribution in [0.15, 0.2) is 6.20 Å². The molecule has 0 unspecified atom stereocenters. The van der Waals surface area contributed by atoms with Gasteiger partial charge in [-0.3, -0.25) is 4.79 Å². The molecule has 2 aliphatic carbocycles. The molecule has 0 aliphatic heterocycles. The van der Waals surface area contributed by atoms with Crippen molar-refractivity contribution < 1.29 is 4.79 Å². The molecule has 0 spiro atoms. The lowest BCUT2D eigenvalue weighted by atomic mass is 10.0. The molecule has 0 bridgehead atoms. The Labute approximate surface area is 140 Å². The first-order chi connectivity index (χ1) is 11.1. The van der Waals surface area contributed by atoms with Crippen molar-refractivity contribution >= 4 is 23.1 Å². The lowest BCUT2D eigenvalue weighted by molar-refractivity contribution is 0.102. The van der Waals surface area contributed by atoms with Crippen LogP contribution >= 0.6 is 11.3 Å². The summed E-state index contributed by atoms with van der Waals surface area (Å²) in [4.78, 5) is 18.5. The molecule has 2 aromatic heterocycles. The molecular weight excluding hydrogens is 308 g/mol. The van der Waals surface area contributed by atoms with Crippen molar-refractivity contribution in [2.75, 3.05) is 5.32 Å². The highest BCUT2D eigenvalue weighted by molar-refractivity contribution is 7.13. The first-order valence-electron chi connectivity index (χ1n) is 8.47. The summed E-state index contributed by atoms with van der Waals surface area (Å²) in [6.07, 6.45) is 8.81. The lowest BCUT2D eigenvalue weighted by Crippen LogP contribution is -2.19. The number of fused-ring (bicyclic) bond motifs is 1. The van der Waals surface area contributed by atoms with Crippen LogP contribution in [-0.2, 0) is 12.8 Å². The maximum absolute atomic E-state index is 12.6. The van der Waals surface area contributed by atoms with E-state index in [9.17, 15) is 4.79 Å². The first-order valence-corrected chi connectivity index (χ1v) is 9.29. The van der Waals surface area contributed by atoms with Crippen LogP contribution < -0.4 is 5.32 Å². The van der Waals surface area contributed by atoms with Crippen LogP contribution in [0.3, 0.4) is 0 Å². The molecule has 0 saturated heterocycles. The van der Waals surface area contributed by atoms with Gasteiger partial charge >= 0.3 is 0 Å². The van der Waals surface area contributed by atoms with E-state index in [0.717, 1.165) is 29.9 Å². The zero-order valence-corrected chi connectivity index (χ0v) is 14.4. The minimum absolute atomic E-state index is 0.0998. The summed E-state index contributed by atoms with van der Waals surface area (Å²) in [5, 5.41) is 8.12. The van der Waals surface area contributed by atoms with Gasteiger partial charge in [0.2, 0.25) is 0 Å². The highest BCUT2D eigenvalue weighted by Gasteiger charge is 2.31. The third kappa shape index (κ3) is 2.80. The third-order valence-electron chi connectivity index (χ3n) is 4.94. The molecular formula is C17H22N4OS. The van der Waals surface area contributed by atoms with E-state index < -0.39 is 0 Å². The van der Waals surface area contributed by atoms with Crippen molar-refractivity contribution in [3.05, 3.63) is 27.3 Å². The van der Waals surface area contributed by atoms with E-state index in [1.54, 1.807) is 11.3 Å². The van der Waals surface area contributed by atoms with Gasteiger partial charge in [0.05, 0.1) is 17.9 Å². The molecule has 1 amide bonds. The highest BCUT2D eigenvalue weighted by atomic mass is 32.1. The number of carbonyl (C=O) groups is 1. The number of amides is 1. The molecule has 1 saturated carbocycles. The highest BCUT2D eigenvalue weighted by Crippen LogP contribution is 2.40. The Morgan fingerprint density at radius 2 is 2.17 bits per heavy atom. The predicted octanol–water partition coefficient (Wildman–Crippen LogP) is 3.75. The number of carbonyl (C=O) groups excluding carboxylic acids is 1. The Kier molecular flexibility index (Phi) is 3.71. The van der Waals surface area contributed by atoms with Crippen molar-refractivity contribution in [2.24, 2.45) is 5.92 Å². The number of aromatic nitrogens is 3. The second kappa shape index (κ2) is 5.74. The molecule has 0 radical (unpaired) electrons. The van der Waals surface area contributed by atoms with Gasteiger partial charge < -0.3 is 5.32 Å². The van der Waals surface area contributed by atoms with E-state index in [1.807, 2.05) is 17.8 Å². The van der Waals surface area contributed by atoms with Gasteiger partial charge in [0.25, 0.3) is 5.91 Å². The van der Waals surface area contributed by atoms with Gasteiger partial charge in [0.15, 0.2) is 5.01 Å². The number of nitrogens with zero attached hydrogens (tertiary/aromatic N) is 3. The summed E-state index contributed by atoms with van der Waals surface area (Å²) >= 11 is 1.55. The number of nitrogens with one attached hydrogen (secondary N) is 1. The van der Waals surface area contributed by atoms with Crippen LogP contribution in [0, 0.1) is 12.8 Å².